The van der Waals surface area contributed by atoms with Crippen molar-refractivity contribution in [1.82, 2.24) is 0 Å². The molecule has 0 atom stereocenters. The van der Waals surface area contributed by atoms with Crippen molar-refractivity contribution in [3.8, 4) is 11.5 Å². The normalized spacial score (nSPS) is 17.0. The first-order valence-electron chi connectivity index (χ1n) is 8.85. The fourth-order valence-electron chi connectivity index (χ4n) is 2.58. The molecule has 0 spiro atoms. The van der Waals surface area contributed by atoms with Gasteiger partial charge in [0.2, 0.25) is 5.39 Å². The van der Waals surface area contributed by atoms with Crippen LogP contribution >= 0.6 is 0 Å². The molecule has 2 aromatic rings. The van der Waals surface area contributed by atoms with Gasteiger partial charge in [0.05, 0.1) is 29.9 Å². The van der Waals surface area contributed by atoms with E-state index in [9.17, 15) is 5.39 Å². The minimum atomic E-state index is -0.817. The maximum atomic E-state index is 9.25. The third kappa shape index (κ3) is 4.15. The molecule has 0 amide bonds. The smallest absolute Gasteiger partial charge is 0.457 e. The monoisotopic (exact) mass is 378 g/mol. The highest BCUT2D eigenvalue weighted by Gasteiger charge is 2.53. The molecule has 142 valence electrons. The number of rotatable bonds is 5. The Labute approximate surface area is 164 Å². The van der Waals surface area contributed by atoms with E-state index < -0.39 is 18.5 Å². The number of ether oxygens (including phenoxy) is 1. The summed E-state index contributed by atoms with van der Waals surface area (Å²) in [6.07, 6.45) is 0. The zero-order valence-electron chi connectivity index (χ0n) is 16.3. The molecule has 0 aromatic heterocycles. The summed E-state index contributed by atoms with van der Waals surface area (Å²) in [5, 5.41) is 9.25. The Morgan fingerprint density at radius 3 is 2.18 bits per heavy atom. The van der Waals surface area contributed by atoms with Crippen molar-refractivity contribution in [3.05, 3.63) is 64.4 Å². The molecule has 8 heteroatoms. The quantitative estimate of drug-likeness (QED) is 0.384. The van der Waals surface area contributed by atoms with Crippen LogP contribution in [0.5, 0.6) is 11.5 Å². The van der Waals surface area contributed by atoms with Crippen LogP contribution < -0.4 is 4.74 Å². The van der Waals surface area contributed by atoms with Crippen molar-refractivity contribution in [1.29, 1.82) is 5.39 Å². The molecule has 0 aliphatic carbocycles. The Balaban J connectivity index is 1.71. The molecule has 0 unspecified atom stereocenters. The lowest BCUT2D eigenvalue weighted by atomic mass is 9.90. The van der Waals surface area contributed by atoms with Crippen molar-refractivity contribution in [2.45, 2.75) is 45.5 Å². The predicted octanol–water partition coefficient (Wildman–Crippen LogP) is 5.62. The number of diazo groups is 1. The molecule has 1 aliphatic heterocycles. The van der Waals surface area contributed by atoms with E-state index in [0.29, 0.717) is 28.4 Å². The SMILES string of the molecule is [C-]#[N+]c1ccc(Oc2ccc([N+]#N)c(COB3OC(C)(C)C(C)(C)O3)c2)cc1. The van der Waals surface area contributed by atoms with Gasteiger partial charge in [-0.05, 0) is 52.0 Å². The molecule has 0 saturated carbocycles. The van der Waals surface area contributed by atoms with Crippen LogP contribution in [0.4, 0.5) is 11.4 Å². The van der Waals surface area contributed by atoms with Gasteiger partial charge in [0.25, 0.3) is 0 Å². The van der Waals surface area contributed by atoms with E-state index in [0.717, 1.165) is 0 Å². The average molecular weight is 378 g/mol. The third-order valence-corrected chi connectivity index (χ3v) is 4.97. The molecule has 7 nitrogen and oxygen atoms in total. The maximum Gasteiger partial charge on any atom is 0.640 e. The summed E-state index contributed by atoms with van der Waals surface area (Å²) in [5.74, 6) is 1.15. The Hall–Kier alpha value is -2.91. The zero-order chi connectivity index (χ0) is 20.4. The lowest BCUT2D eigenvalue weighted by Gasteiger charge is -2.31. The number of hydrogen-bond donors (Lipinski definition) is 0. The van der Waals surface area contributed by atoms with Crippen LogP contribution in [0.2, 0.25) is 0 Å². The summed E-state index contributed by atoms with van der Waals surface area (Å²) < 4.78 is 23.2. The van der Waals surface area contributed by atoms with E-state index in [1.165, 1.54) is 0 Å². The lowest BCUT2D eigenvalue weighted by Crippen LogP contribution is -2.41. The van der Waals surface area contributed by atoms with Crippen LogP contribution in [-0.2, 0) is 20.6 Å². The van der Waals surface area contributed by atoms with Crippen LogP contribution in [0.1, 0.15) is 33.3 Å². The van der Waals surface area contributed by atoms with E-state index in [-0.39, 0.29) is 6.61 Å². The summed E-state index contributed by atoms with van der Waals surface area (Å²) in [4.78, 5) is 6.65. The van der Waals surface area contributed by atoms with Gasteiger partial charge in [-0.2, -0.15) is 0 Å². The highest BCUT2D eigenvalue weighted by Crippen LogP contribution is 2.37. The first-order chi connectivity index (χ1) is 13.2. The molecular weight excluding hydrogens is 357 g/mol. The highest BCUT2D eigenvalue weighted by atomic mass is 16.8. The first kappa shape index (κ1) is 19.8. The fraction of sp³-hybridized carbons (Fsp3) is 0.350. The molecule has 2 aromatic carbocycles. The van der Waals surface area contributed by atoms with Gasteiger partial charge in [0.15, 0.2) is 10.7 Å². The molecule has 28 heavy (non-hydrogen) atoms. The van der Waals surface area contributed by atoms with Crippen molar-refractivity contribution in [3.63, 3.8) is 0 Å². The minimum Gasteiger partial charge on any atom is -0.457 e. The Morgan fingerprint density at radius 2 is 1.61 bits per heavy atom. The number of benzene rings is 2. The Kier molecular flexibility index (Phi) is 5.39. The second-order valence-electron chi connectivity index (χ2n) is 7.45. The van der Waals surface area contributed by atoms with Gasteiger partial charge in [0, 0.05) is 6.07 Å². The number of hydrogen-bond acceptors (Lipinski definition) is 5. The van der Waals surface area contributed by atoms with Gasteiger partial charge in [0.1, 0.15) is 11.5 Å². The van der Waals surface area contributed by atoms with Crippen LogP contribution in [0.15, 0.2) is 42.5 Å². The van der Waals surface area contributed by atoms with E-state index in [1.807, 2.05) is 27.7 Å². The Bertz CT molecular complexity index is 929. The molecular formula is C20H21BN3O4+. The average Bonchev–Trinajstić information content (AvgIpc) is 2.87. The maximum absolute atomic E-state index is 9.25. The summed E-state index contributed by atoms with van der Waals surface area (Å²) in [6, 6.07) is 11.9. The molecule has 1 aliphatic rings. The van der Waals surface area contributed by atoms with E-state index in [4.69, 9.17) is 25.3 Å². The lowest BCUT2D eigenvalue weighted by molar-refractivity contribution is 0.00578. The van der Waals surface area contributed by atoms with Gasteiger partial charge in [-0.25, -0.2) is 4.85 Å². The van der Waals surface area contributed by atoms with E-state index >= 15 is 0 Å². The van der Waals surface area contributed by atoms with Crippen LogP contribution in [0.25, 0.3) is 9.82 Å². The van der Waals surface area contributed by atoms with Gasteiger partial charge in [-0.15, -0.1) is 0 Å². The number of nitrogens with zero attached hydrogens (tertiary/aromatic N) is 3. The van der Waals surface area contributed by atoms with Crippen LogP contribution in [0, 0.1) is 12.0 Å². The molecule has 1 saturated heterocycles. The second kappa shape index (κ2) is 7.61. The van der Waals surface area contributed by atoms with Gasteiger partial charge < -0.3 is 18.7 Å². The topological polar surface area (TPSA) is 69.4 Å². The molecule has 0 radical (unpaired) electrons. The van der Waals surface area contributed by atoms with Crippen LogP contribution in [-0.4, -0.2) is 18.5 Å². The van der Waals surface area contributed by atoms with Gasteiger partial charge in [-0.3, -0.25) is 0 Å². The van der Waals surface area contributed by atoms with Gasteiger partial charge >= 0.3 is 13.0 Å². The largest absolute Gasteiger partial charge is 0.640 e. The molecule has 0 bridgehead atoms. The minimum absolute atomic E-state index is 0.115. The fourth-order valence-corrected chi connectivity index (χ4v) is 2.58. The van der Waals surface area contributed by atoms with Crippen molar-refractivity contribution >= 4 is 18.7 Å². The zero-order valence-corrected chi connectivity index (χ0v) is 16.3. The summed E-state index contributed by atoms with van der Waals surface area (Å²) in [5.41, 5.74) is 0.534. The molecule has 1 heterocycles. The summed E-state index contributed by atoms with van der Waals surface area (Å²) in [6.45, 7) is 14.9. The summed E-state index contributed by atoms with van der Waals surface area (Å²) in [7, 11) is -0.817. The molecule has 3 rings (SSSR count). The van der Waals surface area contributed by atoms with E-state index in [1.54, 1.807) is 42.5 Å². The van der Waals surface area contributed by atoms with Gasteiger partial charge in [-0.1, -0.05) is 12.1 Å². The molecule has 1 fully saturated rings. The van der Waals surface area contributed by atoms with Crippen molar-refractivity contribution < 1.29 is 18.7 Å². The van der Waals surface area contributed by atoms with Crippen LogP contribution in [0.3, 0.4) is 0 Å². The molecule has 0 N–H and O–H groups in total. The summed E-state index contributed by atoms with van der Waals surface area (Å²) >= 11 is 0. The van der Waals surface area contributed by atoms with Crippen molar-refractivity contribution in [2.75, 3.05) is 0 Å². The highest BCUT2D eigenvalue weighted by molar-refractivity contribution is 6.37. The predicted molar refractivity (Wildman–Crippen MR) is 105 cm³/mol. The standard InChI is InChI=1S/C20H21BN3O4/c1-19(2)20(3,4)28-21(27-19)25-13-14-12-17(10-11-18(14)24-22)26-16-8-6-15(23-5)7-9-16/h6-12H,13H2,1-4H3/q+1. The second-order valence-corrected chi connectivity index (χ2v) is 7.45. The third-order valence-electron chi connectivity index (χ3n) is 4.97. The van der Waals surface area contributed by atoms with Crippen molar-refractivity contribution in [2.24, 2.45) is 0 Å². The van der Waals surface area contributed by atoms with E-state index in [2.05, 4.69) is 9.82 Å². The first-order valence-corrected chi connectivity index (χ1v) is 8.85. The Morgan fingerprint density at radius 1 is 1.00 bits per heavy atom.